The first-order valence-corrected chi connectivity index (χ1v) is 8.41. The second kappa shape index (κ2) is 8.24. The number of halogens is 3. The average molecular weight is 379 g/mol. The van der Waals surface area contributed by atoms with Gasteiger partial charge in [0, 0.05) is 5.69 Å². The minimum Gasteiger partial charge on any atom is -0.480 e. The average Bonchev–Trinajstić information content (AvgIpc) is 2.59. The molecule has 2 aromatic rings. The summed E-state index contributed by atoms with van der Waals surface area (Å²) >= 11 is 0. The molecule has 1 amide bonds. The maximum atomic E-state index is 12.9. The van der Waals surface area contributed by atoms with Crippen molar-refractivity contribution in [3.63, 3.8) is 0 Å². The molecule has 0 aliphatic rings. The Labute approximate surface area is 155 Å². The maximum absolute atomic E-state index is 12.9. The molecule has 27 heavy (non-hydrogen) atoms. The molecule has 0 radical (unpaired) electrons. The van der Waals surface area contributed by atoms with Gasteiger partial charge >= 0.3 is 12.1 Å². The van der Waals surface area contributed by atoms with E-state index in [9.17, 15) is 27.9 Å². The lowest BCUT2D eigenvalue weighted by molar-refractivity contribution is -0.140. The topological polar surface area (TPSA) is 57.6 Å². The summed E-state index contributed by atoms with van der Waals surface area (Å²) in [6.45, 7) is 3.49. The molecule has 144 valence electrons. The highest BCUT2D eigenvalue weighted by Crippen LogP contribution is 2.30. The third-order valence-electron chi connectivity index (χ3n) is 4.17. The first-order valence-electron chi connectivity index (χ1n) is 8.41. The molecular formula is C20H20F3NO3. The lowest BCUT2D eigenvalue weighted by Gasteiger charge is -2.29. The summed E-state index contributed by atoms with van der Waals surface area (Å²) in [5, 5.41) is 9.48. The number of benzene rings is 2. The van der Waals surface area contributed by atoms with Crippen molar-refractivity contribution in [1.82, 2.24) is 0 Å². The number of carboxylic acid groups (broad SMARTS) is 1. The van der Waals surface area contributed by atoms with Gasteiger partial charge in [-0.1, -0.05) is 42.8 Å². The third kappa shape index (κ3) is 5.09. The van der Waals surface area contributed by atoms with E-state index in [1.807, 2.05) is 6.92 Å². The Morgan fingerprint density at radius 2 is 1.74 bits per heavy atom. The normalized spacial score (nSPS) is 12.5. The van der Waals surface area contributed by atoms with E-state index in [0.29, 0.717) is 5.69 Å². The van der Waals surface area contributed by atoms with E-state index in [4.69, 9.17) is 0 Å². The van der Waals surface area contributed by atoms with Crippen LogP contribution in [0.25, 0.3) is 0 Å². The summed E-state index contributed by atoms with van der Waals surface area (Å²) in [5.74, 6) is -1.75. The summed E-state index contributed by atoms with van der Waals surface area (Å²) in [4.78, 5) is 25.6. The van der Waals surface area contributed by atoms with Crippen LogP contribution in [0.4, 0.5) is 18.9 Å². The van der Waals surface area contributed by atoms with Crippen LogP contribution >= 0.6 is 0 Å². The molecule has 0 heterocycles. The number of hydrogen-bond acceptors (Lipinski definition) is 2. The van der Waals surface area contributed by atoms with Crippen LogP contribution in [0.2, 0.25) is 0 Å². The Bertz CT molecular complexity index is 816. The summed E-state index contributed by atoms with van der Waals surface area (Å²) in [6.07, 6.45) is -4.68. The van der Waals surface area contributed by atoms with E-state index in [1.54, 1.807) is 31.2 Å². The number of aryl methyl sites for hydroxylation is 1. The van der Waals surface area contributed by atoms with Crippen molar-refractivity contribution < 1.29 is 27.9 Å². The molecule has 0 spiro atoms. The highest BCUT2D eigenvalue weighted by molar-refractivity contribution is 6.00. The van der Waals surface area contributed by atoms with E-state index in [-0.39, 0.29) is 18.4 Å². The lowest BCUT2D eigenvalue weighted by atomic mass is 10.0. The zero-order valence-electron chi connectivity index (χ0n) is 15.0. The van der Waals surface area contributed by atoms with Gasteiger partial charge in [0.15, 0.2) is 0 Å². The predicted octanol–water partition coefficient (Wildman–Crippen LogP) is 4.45. The molecule has 0 aliphatic heterocycles. The van der Waals surface area contributed by atoms with E-state index in [1.165, 1.54) is 12.1 Å². The van der Waals surface area contributed by atoms with Crippen molar-refractivity contribution in [2.24, 2.45) is 0 Å². The van der Waals surface area contributed by atoms with Gasteiger partial charge in [0.25, 0.3) is 0 Å². The fourth-order valence-electron chi connectivity index (χ4n) is 2.79. The molecule has 0 aliphatic carbocycles. The van der Waals surface area contributed by atoms with Gasteiger partial charge in [0.05, 0.1) is 12.0 Å². The van der Waals surface area contributed by atoms with Gasteiger partial charge in [0.2, 0.25) is 5.91 Å². The smallest absolute Gasteiger partial charge is 0.416 e. The Morgan fingerprint density at radius 3 is 2.26 bits per heavy atom. The number of alkyl halides is 3. The predicted molar refractivity (Wildman–Crippen MR) is 95.5 cm³/mol. The lowest BCUT2D eigenvalue weighted by Crippen LogP contribution is -2.45. The standard InChI is InChI=1S/C20H20F3NO3/c1-3-17(19(26)27)24(16-9-7-13(2)8-10-16)18(25)12-14-5-4-6-15(11-14)20(21,22)23/h4-11,17H,3,12H2,1-2H3,(H,26,27). The number of amides is 1. The quantitative estimate of drug-likeness (QED) is 0.807. The molecule has 0 saturated heterocycles. The van der Waals surface area contributed by atoms with Gasteiger partial charge in [-0.3, -0.25) is 9.69 Å². The van der Waals surface area contributed by atoms with E-state index in [2.05, 4.69) is 0 Å². The SMILES string of the molecule is CCC(C(=O)O)N(C(=O)Cc1cccc(C(F)(F)F)c1)c1ccc(C)cc1. The summed E-state index contributed by atoms with van der Waals surface area (Å²) in [7, 11) is 0. The Balaban J connectivity index is 2.37. The van der Waals surface area contributed by atoms with Gasteiger partial charge in [0.1, 0.15) is 6.04 Å². The van der Waals surface area contributed by atoms with Crippen LogP contribution in [0.1, 0.15) is 30.0 Å². The zero-order valence-corrected chi connectivity index (χ0v) is 15.0. The van der Waals surface area contributed by atoms with Gasteiger partial charge in [-0.25, -0.2) is 4.79 Å². The molecule has 0 saturated carbocycles. The van der Waals surface area contributed by atoms with E-state index < -0.39 is 29.7 Å². The highest BCUT2D eigenvalue weighted by Gasteiger charge is 2.32. The van der Waals surface area contributed by atoms with Crippen LogP contribution in [-0.4, -0.2) is 23.0 Å². The second-order valence-corrected chi connectivity index (χ2v) is 6.24. The Hall–Kier alpha value is -2.83. The van der Waals surface area contributed by atoms with Gasteiger partial charge in [-0.05, 0) is 37.1 Å². The van der Waals surface area contributed by atoms with Crippen molar-refractivity contribution in [3.05, 3.63) is 65.2 Å². The van der Waals surface area contributed by atoms with E-state index >= 15 is 0 Å². The van der Waals surface area contributed by atoms with Crippen LogP contribution < -0.4 is 4.90 Å². The van der Waals surface area contributed by atoms with Crippen LogP contribution in [0.15, 0.2) is 48.5 Å². The molecule has 0 bridgehead atoms. The van der Waals surface area contributed by atoms with Crippen LogP contribution in [-0.2, 0) is 22.2 Å². The number of aliphatic carboxylic acids is 1. The summed E-state index contributed by atoms with van der Waals surface area (Å²) < 4.78 is 38.6. The van der Waals surface area contributed by atoms with Crippen molar-refractivity contribution >= 4 is 17.6 Å². The van der Waals surface area contributed by atoms with Crippen LogP contribution in [0.5, 0.6) is 0 Å². The fourth-order valence-corrected chi connectivity index (χ4v) is 2.79. The van der Waals surface area contributed by atoms with Gasteiger partial charge < -0.3 is 5.11 Å². The highest BCUT2D eigenvalue weighted by atomic mass is 19.4. The largest absolute Gasteiger partial charge is 0.480 e. The molecule has 1 unspecified atom stereocenters. The maximum Gasteiger partial charge on any atom is 0.416 e. The van der Waals surface area contributed by atoms with Gasteiger partial charge in [-0.2, -0.15) is 13.2 Å². The first-order chi connectivity index (χ1) is 12.6. The number of carbonyl (C=O) groups is 2. The molecule has 1 atom stereocenters. The van der Waals surface area contributed by atoms with Crippen molar-refractivity contribution in [2.45, 2.75) is 38.9 Å². The van der Waals surface area contributed by atoms with Crippen molar-refractivity contribution in [1.29, 1.82) is 0 Å². The third-order valence-corrected chi connectivity index (χ3v) is 4.17. The van der Waals surface area contributed by atoms with Crippen molar-refractivity contribution in [3.8, 4) is 0 Å². The molecule has 0 aromatic heterocycles. The Morgan fingerprint density at radius 1 is 1.11 bits per heavy atom. The number of hydrogen-bond donors (Lipinski definition) is 1. The molecular weight excluding hydrogens is 359 g/mol. The zero-order chi connectivity index (χ0) is 20.2. The number of rotatable bonds is 6. The minimum atomic E-state index is -4.51. The number of carbonyl (C=O) groups excluding carboxylic acids is 1. The minimum absolute atomic E-state index is 0.164. The number of anilines is 1. The van der Waals surface area contributed by atoms with E-state index in [0.717, 1.165) is 22.6 Å². The summed E-state index contributed by atoms with van der Waals surface area (Å²) in [6, 6.07) is 10.1. The van der Waals surface area contributed by atoms with Crippen LogP contribution in [0, 0.1) is 6.92 Å². The second-order valence-electron chi connectivity index (χ2n) is 6.24. The Kier molecular flexibility index (Phi) is 6.25. The van der Waals surface area contributed by atoms with Gasteiger partial charge in [-0.15, -0.1) is 0 Å². The summed E-state index contributed by atoms with van der Waals surface area (Å²) in [5.41, 5.74) is 0.659. The monoisotopic (exact) mass is 379 g/mol. The molecule has 2 rings (SSSR count). The molecule has 7 heteroatoms. The first kappa shape index (κ1) is 20.5. The van der Waals surface area contributed by atoms with Crippen molar-refractivity contribution in [2.75, 3.05) is 4.90 Å². The number of nitrogens with zero attached hydrogens (tertiary/aromatic N) is 1. The van der Waals surface area contributed by atoms with Crippen LogP contribution in [0.3, 0.4) is 0 Å². The number of carboxylic acids is 1. The molecule has 2 aromatic carbocycles. The fraction of sp³-hybridized carbons (Fsp3) is 0.300. The molecule has 4 nitrogen and oxygen atoms in total. The molecule has 1 N–H and O–H groups in total. The molecule has 0 fully saturated rings.